The lowest BCUT2D eigenvalue weighted by Gasteiger charge is -2.44. The van der Waals surface area contributed by atoms with E-state index in [2.05, 4.69) is 4.98 Å². The summed E-state index contributed by atoms with van der Waals surface area (Å²) in [7, 11) is 0. The van der Waals surface area contributed by atoms with E-state index in [1.165, 1.54) is 0 Å². The average Bonchev–Trinajstić information content (AvgIpc) is 2.17. The minimum absolute atomic E-state index is 0.0439. The maximum atomic E-state index is 10.7. The fourth-order valence-electron chi connectivity index (χ4n) is 1.72. The molecule has 0 spiro atoms. The maximum Gasteiger partial charge on any atom is 0.310 e. The van der Waals surface area contributed by atoms with Gasteiger partial charge in [0.05, 0.1) is 5.92 Å². The van der Waals surface area contributed by atoms with Gasteiger partial charge in [0.25, 0.3) is 0 Å². The van der Waals surface area contributed by atoms with Crippen LogP contribution in [0.25, 0.3) is 0 Å². The molecule has 1 N–H and O–H groups in total. The van der Waals surface area contributed by atoms with Crippen LogP contribution in [0.15, 0.2) is 24.4 Å². The van der Waals surface area contributed by atoms with Crippen molar-refractivity contribution in [2.75, 3.05) is 11.4 Å². The summed E-state index contributed by atoms with van der Waals surface area (Å²) in [5.41, 5.74) is 0. The molecule has 0 bridgehead atoms. The highest BCUT2D eigenvalue weighted by molar-refractivity contribution is 5.75. The molecule has 1 aromatic rings. The largest absolute Gasteiger partial charge is 0.481 e. The van der Waals surface area contributed by atoms with Crippen molar-refractivity contribution in [3.05, 3.63) is 24.4 Å². The molecule has 0 amide bonds. The molecule has 4 heteroatoms. The summed E-state index contributed by atoms with van der Waals surface area (Å²) in [5, 5.41) is 8.82. The van der Waals surface area contributed by atoms with Crippen LogP contribution in [0, 0.1) is 5.92 Å². The number of hydrogen-bond donors (Lipinski definition) is 1. The Kier molecular flexibility index (Phi) is 2.11. The van der Waals surface area contributed by atoms with E-state index in [4.69, 9.17) is 5.11 Å². The summed E-state index contributed by atoms with van der Waals surface area (Å²) in [6.07, 6.45) is 1.72. The van der Waals surface area contributed by atoms with Crippen LogP contribution in [0.2, 0.25) is 0 Å². The van der Waals surface area contributed by atoms with Crippen molar-refractivity contribution >= 4 is 11.8 Å². The van der Waals surface area contributed by atoms with Crippen LogP contribution < -0.4 is 4.90 Å². The zero-order valence-electron chi connectivity index (χ0n) is 7.92. The molecule has 0 unspecified atom stereocenters. The van der Waals surface area contributed by atoms with Crippen LogP contribution in [-0.2, 0) is 4.79 Å². The normalized spacial score (nSPS) is 25.6. The summed E-state index contributed by atoms with van der Waals surface area (Å²) < 4.78 is 0. The van der Waals surface area contributed by atoms with E-state index >= 15 is 0 Å². The highest BCUT2D eigenvalue weighted by Gasteiger charge is 2.40. The van der Waals surface area contributed by atoms with E-state index in [0.717, 1.165) is 5.82 Å². The Morgan fingerprint density at radius 3 is 2.93 bits per heavy atom. The Labute approximate surface area is 82.2 Å². The zero-order chi connectivity index (χ0) is 10.1. The first kappa shape index (κ1) is 8.99. The number of hydrogen-bond acceptors (Lipinski definition) is 3. The van der Waals surface area contributed by atoms with Gasteiger partial charge in [-0.2, -0.15) is 0 Å². The molecule has 1 saturated heterocycles. The molecule has 4 nitrogen and oxygen atoms in total. The van der Waals surface area contributed by atoms with Crippen molar-refractivity contribution < 1.29 is 9.90 Å². The van der Waals surface area contributed by atoms with E-state index in [-0.39, 0.29) is 12.0 Å². The number of pyridine rings is 1. The average molecular weight is 192 g/mol. The van der Waals surface area contributed by atoms with E-state index in [9.17, 15) is 4.79 Å². The molecule has 74 valence electrons. The second kappa shape index (κ2) is 3.29. The maximum absolute atomic E-state index is 10.7. The number of carboxylic acids is 1. The quantitative estimate of drug-likeness (QED) is 0.759. The van der Waals surface area contributed by atoms with Crippen molar-refractivity contribution in [3.8, 4) is 0 Å². The van der Waals surface area contributed by atoms with E-state index in [1.54, 1.807) is 6.20 Å². The van der Waals surface area contributed by atoms with Crippen LogP contribution in [-0.4, -0.2) is 28.6 Å². The second-order valence-electron chi connectivity index (χ2n) is 3.53. The van der Waals surface area contributed by atoms with E-state index < -0.39 is 5.97 Å². The molecule has 2 rings (SSSR count). The second-order valence-corrected chi connectivity index (χ2v) is 3.53. The zero-order valence-corrected chi connectivity index (χ0v) is 7.92. The Hall–Kier alpha value is -1.58. The van der Waals surface area contributed by atoms with Crippen molar-refractivity contribution in [2.45, 2.75) is 13.0 Å². The molecule has 0 saturated carbocycles. The van der Waals surface area contributed by atoms with E-state index in [0.29, 0.717) is 6.54 Å². The van der Waals surface area contributed by atoms with Gasteiger partial charge in [-0.05, 0) is 19.1 Å². The molecule has 0 aliphatic carbocycles. The summed E-state index contributed by atoms with van der Waals surface area (Å²) in [5.74, 6) is -0.112. The third-order valence-corrected chi connectivity index (χ3v) is 2.73. The van der Waals surface area contributed by atoms with Crippen molar-refractivity contribution in [1.82, 2.24) is 4.98 Å². The first-order valence-corrected chi connectivity index (χ1v) is 4.60. The van der Waals surface area contributed by atoms with Crippen LogP contribution >= 0.6 is 0 Å². The van der Waals surface area contributed by atoms with E-state index in [1.807, 2.05) is 30.0 Å². The number of rotatable bonds is 2. The predicted octanol–water partition coefficient (Wildman–Crippen LogP) is 0.991. The highest BCUT2D eigenvalue weighted by Crippen LogP contribution is 2.29. The van der Waals surface area contributed by atoms with Crippen molar-refractivity contribution in [2.24, 2.45) is 5.92 Å². The number of anilines is 1. The SMILES string of the molecule is C[C@@H]1[C@@H](C(=O)O)CN1c1ccccn1. The van der Waals surface area contributed by atoms with Gasteiger partial charge in [-0.15, -0.1) is 0 Å². The van der Waals surface area contributed by atoms with Crippen molar-refractivity contribution in [3.63, 3.8) is 0 Å². The Balaban J connectivity index is 2.08. The smallest absolute Gasteiger partial charge is 0.310 e. The molecule has 2 heterocycles. The monoisotopic (exact) mass is 192 g/mol. The molecular formula is C10H12N2O2. The Morgan fingerprint density at radius 2 is 2.43 bits per heavy atom. The first-order chi connectivity index (χ1) is 6.70. The molecule has 0 radical (unpaired) electrons. The molecule has 14 heavy (non-hydrogen) atoms. The number of aromatic nitrogens is 1. The minimum Gasteiger partial charge on any atom is -0.481 e. The minimum atomic E-state index is -0.718. The summed E-state index contributed by atoms with van der Waals surface area (Å²) >= 11 is 0. The lowest BCUT2D eigenvalue weighted by Crippen LogP contribution is -2.58. The van der Waals surface area contributed by atoms with Gasteiger partial charge >= 0.3 is 5.97 Å². The fraction of sp³-hybridized carbons (Fsp3) is 0.400. The lowest BCUT2D eigenvalue weighted by molar-refractivity contribution is -0.143. The van der Waals surface area contributed by atoms with Crippen LogP contribution in [0.4, 0.5) is 5.82 Å². The molecule has 1 aliphatic rings. The first-order valence-electron chi connectivity index (χ1n) is 4.60. The van der Waals surface area contributed by atoms with Crippen LogP contribution in [0.1, 0.15) is 6.92 Å². The number of carboxylic acid groups (broad SMARTS) is 1. The van der Waals surface area contributed by atoms with Gasteiger partial charge < -0.3 is 10.0 Å². The third kappa shape index (κ3) is 1.32. The number of nitrogens with zero attached hydrogens (tertiary/aromatic N) is 2. The molecule has 0 aromatic carbocycles. The van der Waals surface area contributed by atoms with Gasteiger partial charge in [-0.25, -0.2) is 4.98 Å². The summed E-state index contributed by atoms with van der Waals surface area (Å²) in [6.45, 7) is 2.48. The molecular weight excluding hydrogens is 180 g/mol. The Morgan fingerprint density at radius 1 is 1.64 bits per heavy atom. The number of carbonyl (C=O) groups is 1. The molecule has 2 atom stereocenters. The lowest BCUT2D eigenvalue weighted by atomic mass is 9.90. The Bertz CT molecular complexity index is 339. The van der Waals surface area contributed by atoms with Gasteiger partial charge in [-0.1, -0.05) is 6.07 Å². The molecule has 1 aromatic heterocycles. The molecule has 1 fully saturated rings. The summed E-state index contributed by atoms with van der Waals surface area (Å²) in [4.78, 5) is 16.9. The molecule has 1 aliphatic heterocycles. The third-order valence-electron chi connectivity index (χ3n) is 2.73. The predicted molar refractivity (Wildman–Crippen MR) is 52.2 cm³/mol. The fourth-order valence-corrected chi connectivity index (χ4v) is 1.72. The van der Waals surface area contributed by atoms with Gasteiger partial charge in [-0.3, -0.25) is 4.79 Å². The van der Waals surface area contributed by atoms with Gasteiger partial charge in [0, 0.05) is 18.8 Å². The standard InChI is InChI=1S/C10H12N2O2/c1-7-8(10(13)14)6-12(7)9-4-2-3-5-11-9/h2-5,7-8H,6H2,1H3,(H,13,14)/t7-,8+/m1/s1. The highest BCUT2D eigenvalue weighted by atomic mass is 16.4. The van der Waals surface area contributed by atoms with Gasteiger partial charge in [0.15, 0.2) is 0 Å². The topological polar surface area (TPSA) is 53.4 Å². The summed E-state index contributed by atoms with van der Waals surface area (Å²) in [6, 6.07) is 5.70. The van der Waals surface area contributed by atoms with Crippen molar-refractivity contribution in [1.29, 1.82) is 0 Å². The van der Waals surface area contributed by atoms with Gasteiger partial charge in [0.2, 0.25) is 0 Å². The van der Waals surface area contributed by atoms with Crippen LogP contribution in [0.3, 0.4) is 0 Å². The van der Waals surface area contributed by atoms with Gasteiger partial charge in [0.1, 0.15) is 5.82 Å². The number of aliphatic carboxylic acids is 1. The van der Waals surface area contributed by atoms with Crippen LogP contribution in [0.5, 0.6) is 0 Å².